The number of aromatic nitrogens is 1. The minimum atomic E-state index is 0.546. The highest BCUT2D eigenvalue weighted by molar-refractivity contribution is 5.54. The minimum Gasteiger partial charge on any atom is -0.444 e. The van der Waals surface area contributed by atoms with Crippen LogP contribution in [0.2, 0.25) is 0 Å². The molecule has 3 heteroatoms. The van der Waals surface area contributed by atoms with Crippen molar-refractivity contribution in [3.8, 4) is 11.5 Å². The van der Waals surface area contributed by atoms with E-state index in [1.165, 1.54) is 12.8 Å². The van der Waals surface area contributed by atoms with Crippen LogP contribution in [-0.4, -0.2) is 4.98 Å². The largest absolute Gasteiger partial charge is 0.444 e. The van der Waals surface area contributed by atoms with Crippen LogP contribution in [0.4, 0.5) is 0 Å². The van der Waals surface area contributed by atoms with Crippen LogP contribution in [0.1, 0.15) is 30.0 Å². The first kappa shape index (κ1) is 9.60. The SMILES string of the molecule is NCc1cccc(-c2nc(C3CC3)co2)c1. The Hall–Kier alpha value is -1.61. The van der Waals surface area contributed by atoms with Crippen LogP contribution in [0.15, 0.2) is 34.9 Å². The summed E-state index contributed by atoms with van der Waals surface area (Å²) >= 11 is 0. The van der Waals surface area contributed by atoms with Gasteiger partial charge in [0.25, 0.3) is 0 Å². The lowest BCUT2D eigenvalue weighted by atomic mass is 10.1. The van der Waals surface area contributed by atoms with Crippen molar-refractivity contribution >= 4 is 0 Å². The molecule has 1 fully saturated rings. The van der Waals surface area contributed by atoms with Gasteiger partial charge in [-0.1, -0.05) is 12.1 Å². The summed E-state index contributed by atoms with van der Waals surface area (Å²) in [5.74, 6) is 1.34. The van der Waals surface area contributed by atoms with E-state index in [9.17, 15) is 0 Å². The monoisotopic (exact) mass is 214 g/mol. The van der Waals surface area contributed by atoms with Crippen LogP contribution in [0.3, 0.4) is 0 Å². The highest BCUT2D eigenvalue weighted by Gasteiger charge is 2.27. The molecular weight excluding hydrogens is 200 g/mol. The zero-order valence-corrected chi connectivity index (χ0v) is 9.02. The smallest absolute Gasteiger partial charge is 0.226 e. The molecule has 16 heavy (non-hydrogen) atoms. The van der Waals surface area contributed by atoms with Crippen molar-refractivity contribution in [2.24, 2.45) is 5.73 Å². The molecule has 1 aliphatic carbocycles. The number of hydrogen-bond donors (Lipinski definition) is 1. The highest BCUT2D eigenvalue weighted by Crippen LogP contribution is 2.40. The summed E-state index contributed by atoms with van der Waals surface area (Å²) in [4.78, 5) is 4.51. The van der Waals surface area contributed by atoms with Gasteiger partial charge in [0.15, 0.2) is 0 Å². The average Bonchev–Trinajstić information content (AvgIpc) is 3.07. The Bertz CT molecular complexity index is 500. The third-order valence-corrected chi connectivity index (χ3v) is 2.93. The summed E-state index contributed by atoms with van der Waals surface area (Å²) in [5, 5.41) is 0. The van der Waals surface area contributed by atoms with Gasteiger partial charge in [0.1, 0.15) is 6.26 Å². The zero-order chi connectivity index (χ0) is 11.0. The van der Waals surface area contributed by atoms with Gasteiger partial charge >= 0.3 is 0 Å². The Morgan fingerprint density at radius 1 is 1.38 bits per heavy atom. The molecule has 0 saturated heterocycles. The molecule has 0 atom stereocenters. The summed E-state index contributed by atoms with van der Waals surface area (Å²) in [6.45, 7) is 0.546. The molecule has 3 nitrogen and oxygen atoms in total. The molecular formula is C13H14N2O. The average molecular weight is 214 g/mol. The van der Waals surface area contributed by atoms with Crippen molar-refractivity contribution in [3.05, 3.63) is 41.8 Å². The molecule has 0 radical (unpaired) electrons. The van der Waals surface area contributed by atoms with Gasteiger partial charge in [-0.3, -0.25) is 0 Å². The normalized spacial score (nSPS) is 15.3. The summed E-state index contributed by atoms with van der Waals surface area (Å²) in [6, 6.07) is 8.02. The standard InChI is InChI=1S/C13H14N2O/c14-7-9-2-1-3-11(6-9)13-15-12(8-16-13)10-4-5-10/h1-3,6,8,10H,4-5,7,14H2. The van der Waals surface area contributed by atoms with Gasteiger partial charge in [0, 0.05) is 18.0 Å². The van der Waals surface area contributed by atoms with Crippen LogP contribution in [-0.2, 0) is 6.54 Å². The van der Waals surface area contributed by atoms with Gasteiger partial charge in [-0.05, 0) is 30.5 Å². The molecule has 82 valence electrons. The summed E-state index contributed by atoms with van der Waals surface area (Å²) in [5.41, 5.74) is 8.81. The summed E-state index contributed by atoms with van der Waals surface area (Å²) in [6.07, 6.45) is 4.27. The van der Waals surface area contributed by atoms with Gasteiger partial charge < -0.3 is 10.2 Å². The maximum absolute atomic E-state index is 5.61. The molecule has 0 aliphatic heterocycles. The predicted octanol–water partition coefficient (Wildman–Crippen LogP) is 2.68. The fourth-order valence-electron chi connectivity index (χ4n) is 1.82. The van der Waals surface area contributed by atoms with E-state index in [1.54, 1.807) is 6.26 Å². The molecule has 0 amide bonds. The zero-order valence-electron chi connectivity index (χ0n) is 9.02. The molecule has 2 aromatic rings. The van der Waals surface area contributed by atoms with Gasteiger partial charge in [-0.2, -0.15) is 0 Å². The Labute approximate surface area is 94.3 Å². The van der Waals surface area contributed by atoms with Crippen LogP contribution in [0, 0.1) is 0 Å². The van der Waals surface area contributed by atoms with Crippen LogP contribution < -0.4 is 5.73 Å². The highest BCUT2D eigenvalue weighted by atomic mass is 16.3. The second-order valence-corrected chi connectivity index (χ2v) is 4.26. The topological polar surface area (TPSA) is 52.0 Å². The second-order valence-electron chi connectivity index (χ2n) is 4.26. The van der Waals surface area contributed by atoms with Crippen molar-refractivity contribution < 1.29 is 4.42 Å². The Balaban J connectivity index is 1.93. The van der Waals surface area contributed by atoms with E-state index >= 15 is 0 Å². The van der Waals surface area contributed by atoms with E-state index in [-0.39, 0.29) is 0 Å². The number of oxazole rings is 1. The van der Waals surface area contributed by atoms with E-state index in [1.807, 2.05) is 24.3 Å². The Morgan fingerprint density at radius 3 is 3.00 bits per heavy atom. The van der Waals surface area contributed by atoms with Crippen molar-refractivity contribution in [2.45, 2.75) is 25.3 Å². The van der Waals surface area contributed by atoms with Gasteiger partial charge in [-0.25, -0.2) is 4.98 Å². The van der Waals surface area contributed by atoms with Crippen LogP contribution in [0.25, 0.3) is 11.5 Å². The molecule has 1 aliphatic rings. The van der Waals surface area contributed by atoms with E-state index < -0.39 is 0 Å². The minimum absolute atomic E-state index is 0.546. The lowest BCUT2D eigenvalue weighted by Crippen LogP contribution is -1.95. The van der Waals surface area contributed by atoms with E-state index in [0.717, 1.165) is 16.8 Å². The molecule has 1 aromatic heterocycles. The Kier molecular flexibility index (Phi) is 2.26. The first-order valence-electron chi connectivity index (χ1n) is 5.61. The number of nitrogens with zero attached hydrogens (tertiary/aromatic N) is 1. The maximum Gasteiger partial charge on any atom is 0.226 e. The van der Waals surface area contributed by atoms with E-state index in [4.69, 9.17) is 10.2 Å². The Morgan fingerprint density at radius 2 is 2.25 bits per heavy atom. The summed E-state index contributed by atoms with van der Waals surface area (Å²) < 4.78 is 5.50. The van der Waals surface area contributed by atoms with Crippen LogP contribution in [0.5, 0.6) is 0 Å². The molecule has 3 rings (SSSR count). The number of nitrogens with two attached hydrogens (primary N) is 1. The van der Waals surface area contributed by atoms with Gasteiger partial charge in [-0.15, -0.1) is 0 Å². The maximum atomic E-state index is 5.61. The quantitative estimate of drug-likeness (QED) is 0.854. The first-order valence-corrected chi connectivity index (χ1v) is 5.61. The number of benzene rings is 1. The van der Waals surface area contributed by atoms with Crippen molar-refractivity contribution in [1.82, 2.24) is 4.98 Å². The van der Waals surface area contributed by atoms with Gasteiger partial charge in [0.2, 0.25) is 5.89 Å². The molecule has 0 spiro atoms. The summed E-state index contributed by atoms with van der Waals surface area (Å²) in [7, 11) is 0. The molecule has 0 unspecified atom stereocenters. The van der Waals surface area contributed by atoms with E-state index in [2.05, 4.69) is 4.98 Å². The van der Waals surface area contributed by atoms with Crippen LogP contribution >= 0.6 is 0 Å². The second kappa shape index (κ2) is 3.76. The number of rotatable bonds is 3. The lowest BCUT2D eigenvalue weighted by Gasteiger charge is -1.98. The first-order chi connectivity index (χ1) is 7.86. The third kappa shape index (κ3) is 1.74. The lowest BCUT2D eigenvalue weighted by molar-refractivity contribution is 0.572. The molecule has 2 N–H and O–H groups in total. The van der Waals surface area contributed by atoms with Crippen molar-refractivity contribution in [1.29, 1.82) is 0 Å². The molecule has 1 heterocycles. The fraction of sp³-hybridized carbons (Fsp3) is 0.308. The fourth-order valence-corrected chi connectivity index (χ4v) is 1.82. The third-order valence-electron chi connectivity index (χ3n) is 2.93. The molecule has 0 bridgehead atoms. The molecule has 1 aromatic carbocycles. The van der Waals surface area contributed by atoms with Gasteiger partial charge in [0.05, 0.1) is 5.69 Å². The number of hydrogen-bond acceptors (Lipinski definition) is 3. The molecule has 1 saturated carbocycles. The van der Waals surface area contributed by atoms with Crippen molar-refractivity contribution in [2.75, 3.05) is 0 Å². The predicted molar refractivity (Wildman–Crippen MR) is 61.8 cm³/mol. The van der Waals surface area contributed by atoms with Crippen molar-refractivity contribution in [3.63, 3.8) is 0 Å². The van der Waals surface area contributed by atoms with E-state index in [0.29, 0.717) is 18.4 Å².